The van der Waals surface area contributed by atoms with Gasteiger partial charge in [0.15, 0.2) is 0 Å². The van der Waals surface area contributed by atoms with Gasteiger partial charge in [-0.1, -0.05) is 0 Å². The number of carboxylic acids is 2. The molecule has 1 saturated heterocycles. The predicted molar refractivity (Wildman–Crippen MR) is 105 cm³/mol. The van der Waals surface area contributed by atoms with E-state index >= 15 is 0 Å². The maximum Gasteiger partial charge on any atom is 0.326 e. The molecule has 1 fully saturated rings. The summed E-state index contributed by atoms with van der Waals surface area (Å²) in [6, 6.07) is -2.78. The van der Waals surface area contributed by atoms with Gasteiger partial charge in [0.2, 0.25) is 17.7 Å². The second kappa shape index (κ2) is 12.3. The van der Waals surface area contributed by atoms with E-state index in [1.165, 1.54) is 4.90 Å². The van der Waals surface area contributed by atoms with Crippen molar-refractivity contribution in [1.82, 2.24) is 15.5 Å². The van der Waals surface area contributed by atoms with Gasteiger partial charge in [-0.05, 0) is 37.7 Å². The Labute approximate surface area is 172 Å². The van der Waals surface area contributed by atoms with Crippen LogP contribution in [0.4, 0.5) is 0 Å². The Kier molecular flexibility index (Phi) is 10.5. The highest BCUT2D eigenvalue weighted by molar-refractivity contribution is 7.98. The number of hydrogen-bond donors (Lipinski definition) is 5. The first kappa shape index (κ1) is 24.7. The van der Waals surface area contributed by atoms with E-state index in [2.05, 4.69) is 10.6 Å². The van der Waals surface area contributed by atoms with Gasteiger partial charge in [0.1, 0.15) is 12.1 Å². The smallest absolute Gasteiger partial charge is 0.326 e. The van der Waals surface area contributed by atoms with Crippen LogP contribution >= 0.6 is 11.8 Å². The van der Waals surface area contributed by atoms with Crippen molar-refractivity contribution in [2.45, 2.75) is 50.2 Å². The number of hydrogen-bond acceptors (Lipinski definition) is 7. The number of carbonyl (C=O) groups is 5. The second-order valence-corrected chi connectivity index (χ2v) is 7.67. The van der Waals surface area contributed by atoms with Crippen molar-refractivity contribution in [3.8, 4) is 0 Å². The van der Waals surface area contributed by atoms with Crippen LogP contribution in [0.5, 0.6) is 0 Å². The lowest BCUT2D eigenvalue weighted by molar-refractivity contribution is -0.143. The van der Waals surface area contributed by atoms with Gasteiger partial charge in [-0.15, -0.1) is 0 Å². The first-order valence-corrected chi connectivity index (χ1v) is 10.6. The Morgan fingerprint density at radius 2 is 1.90 bits per heavy atom. The minimum atomic E-state index is -1.37. The van der Waals surface area contributed by atoms with Crippen LogP contribution in [-0.2, 0) is 24.0 Å². The maximum absolute atomic E-state index is 12.5. The summed E-state index contributed by atoms with van der Waals surface area (Å²) in [7, 11) is 0. The van der Waals surface area contributed by atoms with Crippen molar-refractivity contribution in [2.24, 2.45) is 5.73 Å². The lowest BCUT2D eigenvalue weighted by Crippen LogP contribution is -2.53. The van der Waals surface area contributed by atoms with E-state index in [1.807, 2.05) is 6.26 Å². The number of carboxylic acid groups (broad SMARTS) is 2. The van der Waals surface area contributed by atoms with Crippen LogP contribution in [0.25, 0.3) is 0 Å². The molecule has 1 aliphatic heterocycles. The molecule has 0 saturated carbocycles. The summed E-state index contributed by atoms with van der Waals surface area (Å²) in [5, 5.41) is 22.2. The van der Waals surface area contributed by atoms with Gasteiger partial charge in [0.05, 0.1) is 12.6 Å². The second-order valence-electron chi connectivity index (χ2n) is 6.69. The van der Waals surface area contributed by atoms with Crippen molar-refractivity contribution >= 4 is 41.4 Å². The molecular weight excluding hydrogens is 404 g/mol. The predicted octanol–water partition coefficient (Wildman–Crippen LogP) is -1.39. The van der Waals surface area contributed by atoms with E-state index in [-0.39, 0.29) is 12.3 Å². The van der Waals surface area contributed by atoms with Gasteiger partial charge in [-0.25, -0.2) is 4.79 Å². The monoisotopic (exact) mass is 432 g/mol. The molecule has 11 nitrogen and oxygen atoms in total. The summed E-state index contributed by atoms with van der Waals surface area (Å²) < 4.78 is 0. The highest BCUT2D eigenvalue weighted by atomic mass is 32.2. The van der Waals surface area contributed by atoms with Crippen LogP contribution in [0.3, 0.4) is 0 Å². The van der Waals surface area contributed by atoms with Crippen molar-refractivity contribution in [1.29, 1.82) is 0 Å². The van der Waals surface area contributed by atoms with Gasteiger partial charge in [-0.2, -0.15) is 11.8 Å². The van der Waals surface area contributed by atoms with Gasteiger partial charge in [-0.3, -0.25) is 19.2 Å². The van der Waals surface area contributed by atoms with Crippen LogP contribution < -0.4 is 16.4 Å². The van der Waals surface area contributed by atoms with E-state index < -0.39 is 54.8 Å². The molecule has 1 rings (SSSR count). The van der Waals surface area contributed by atoms with Gasteiger partial charge < -0.3 is 31.5 Å². The van der Waals surface area contributed by atoms with E-state index in [0.29, 0.717) is 25.8 Å². The average Bonchev–Trinajstić information content (AvgIpc) is 3.16. The Morgan fingerprint density at radius 3 is 2.48 bits per heavy atom. The number of amides is 3. The van der Waals surface area contributed by atoms with Crippen molar-refractivity contribution in [2.75, 3.05) is 25.1 Å². The third kappa shape index (κ3) is 8.28. The van der Waals surface area contributed by atoms with Gasteiger partial charge in [0.25, 0.3) is 0 Å². The molecule has 29 heavy (non-hydrogen) atoms. The third-order valence-electron chi connectivity index (χ3n) is 4.49. The Morgan fingerprint density at radius 1 is 1.21 bits per heavy atom. The van der Waals surface area contributed by atoms with E-state index in [9.17, 15) is 24.0 Å². The first-order chi connectivity index (χ1) is 13.7. The van der Waals surface area contributed by atoms with Crippen molar-refractivity contribution in [3.05, 3.63) is 0 Å². The molecule has 0 aromatic heterocycles. The zero-order valence-electron chi connectivity index (χ0n) is 16.3. The third-order valence-corrected chi connectivity index (χ3v) is 5.14. The molecule has 1 aliphatic rings. The lowest BCUT2D eigenvalue weighted by atomic mass is 10.1. The largest absolute Gasteiger partial charge is 0.481 e. The summed E-state index contributed by atoms with van der Waals surface area (Å²) in [6.45, 7) is -0.0703. The lowest BCUT2D eigenvalue weighted by Gasteiger charge is -2.26. The van der Waals surface area contributed by atoms with Crippen molar-refractivity contribution in [3.63, 3.8) is 0 Å². The van der Waals surface area contributed by atoms with Crippen LogP contribution in [0.2, 0.25) is 0 Å². The Hall–Kier alpha value is -2.34. The molecule has 0 spiro atoms. The van der Waals surface area contributed by atoms with Gasteiger partial charge >= 0.3 is 11.9 Å². The molecule has 0 bridgehead atoms. The Balaban J connectivity index is 2.54. The Bertz CT molecular complexity index is 631. The number of aliphatic carboxylic acids is 2. The number of nitrogens with one attached hydrogen (secondary N) is 2. The molecular formula is C17H28N4O7S. The minimum Gasteiger partial charge on any atom is -0.481 e. The molecule has 6 N–H and O–H groups in total. The number of thioether (sulfide) groups is 1. The topological polar surface area (TPSA) is 179 Å². The molecule has 3 atom stereocenters. The van der Waals surface area contributed by atoms with Crippen molar-refractivity contribution < 1.29 is 34.2 Å². The fraction of sp³-hybridized carbons (Fsp3) is 0.706. The van der Waals surface area contributed by atoms with Crippen LogP contribution in [0.1, 0.15) is 32.1 Å². The van der Waals surface area contributed by atoms with E-state index in [1.54, 1.807) is 11.8 Å². The van der Waals surface area contributed by atoms with E-state index in [0.717, 1.165) is 5.75 Å². The fourth-order valence-electron chi connectivity index (χ4n) is 2.94. The highest BCUT2D eigenvalue weighted by Crippen LogP contribution is 2.19. The zero-order chi connectivity index (χ0) is 22.0. The zero-order valence-corrected chi connectivity index (χ0v) is 17.1. The number of carbonyl (C=O) groups excluding carboxylic acids is 3. The molecule has 0 aliphatic carbocycles. The standard InChI is InChI=1S/C17H28N4O7S/c1-29-8-6-10(18)16(26)21-7-2-3-12(21)15(25)19-9-13(22)20-11(17(27)28)4-5-14(23)24/h10-12H,2-9,18H2,1H3,(H,19,25)(H,20,22)(H,23,24)(H,27,28). The molecule has 164 valence electrons. The molecule has 0 aromatic carbocycles. The molecule has 3 amide bonds. The van der Waals surface area contributed by atoms with Crippen LogP contribution in [0.15, 0.2) is 0 Å². The number of nitrogens with two attached hydrogens (primary N) is 1. The fourth-order valence-corrected chi connectivity index (χ4v) is 3.43. The number of nitrogens with zero attached hydrogens (tertiary/aromatic N) is 1. The van der Waals surface area contributed by atoms with Gasteiger partial charge in [0, 0.05) is 13.0 Å². The molecule has 3 unspecified atom stereocenters. The number of likely N-dealkylation sites (tertiary alicyclic amines) is 1. The number of rotatable bonds is 12. The summed E-state index contributed by atoms with van der Waals surface area (Å²) in [6.07, 6.45) is 2.81. The first-order valence-electron chi connectivity index (χ1n) is 9.24. The van der Waals surface area contributed by atoms with E-state index in [4.69, 9.17) is 15.9 Å². The molecule has 1 heterocycles. The maximum atomic E-state index is 12.5. The minimum absolute atomic E-state index is 0.275. The summed E-state index contributed by atoms with van der Waals surface area (Å²) in [5.74, 6) is -3.40. The summed E-state index contributed by atoms with van der Waals surface area (Å²) in [5.41, 5.74) is 5.90. The highest BCUT2D eigenvalue weighted by Gasteiger charge is 2.36. The van der Waals surface area contributed by atoms with Crippen LogP contribution in [0, 0.1) is 0 Å². The molecule has 12 heteroatoms. The molecule has 0 aromatic rings. The normalized spacial score (nSPS) is 18.0. The average molecular weight is 432 g/mol. The molecule has 0 radical (unpaired) electrons. The summed E-state index contributed by atoms with van der Waals surface area (Å²) in [4.78, 5) is 59.9. The quantitative estimate of drug-likeness (QED) is 0.248. The summed E-state index contributed by atoms with van der Waals surface area (Å²) >= 11 is 1.57. The van der Waals surface area contributed by atoms with Crippen LogP contribution in [-0.4, -0.2) is 88.0 Å². The SMILES string of the molecule is CSCCC(N)C(=O)N1CCCC1C(=O)NCC(=O)NC(CCC(=O)O)C(=O)O.